The van der Waals surface area contributed by atoms with Crippen LogP contribution in [0.25, 0.3) is 0 Å². The van der Waals surface area contributed by atoms with Gasteiger partial charge in [0.25, 0.3) is 5.91 Å². The normalized spacial score (nSPS) is 10.0. The molecule has 0 aliphatic carbocycles. The molecule has 0 unspecified atom stereocenters. The highest BCUT2D eigenvalue weighted by atomic mass is 16.4. The predicted molar refractivity (Wildman–Crippen MR) is 91.0 cm³/mol. The average molecular weight is 326 g/mol. The van der Waals surface area contributed by atoms with Gasteiger partial charge in [0.05, 0.1) is 0 Å². The van der Waals surface area contributed by atoms with Gasteiger partial charge < -0.3 is 15.7 Å². The second-order valence-corrected chi connectivity index (χ2v) is 5.20. The lowest BCUT2D eigenvalue weighted by molar-refractivity contribution is -0.137. The lowest BCUT2D eigenvalue weighted by Gasteiger charge is -2.09. The molecule has 124 valence electrons. The highest BCUT2D eigenvalue weighted by molar-refractivity contribution is 6.04. The van der Waals surface area contributed by atoms with Crippen molar-refractivity contribution in [2.24, 2.45) is 0 Å². The molecular weight excluding hydrogens is 308 g/mol. The maximum atomic E-state index is 12.1. The van der Waals surface area contributed by atoms with E-state index in [0.29, 0.717) is 16.9 Å². The van der Waals surface area contributed by atoms with Gasteiger partial charge in [-0.05, 0) is 36.8 Å². The van der Waals surface area contributed by atoms with Crippen LogP contribution in [-0.2, 0) is 9.59 Å². The van der Waals surface area contributed by atoms with E-state index >= 15 is 0 Å². The molecule has 6 heteroatoms. The zero-order valence-corrected chi connectivity index (χ0v) is 13.0. The SMILES string of the molecule is O=C(O)CCCC(=O)Nc1cccc(NC(=O)c2ccccc2)c1. The summed E-state index contributed by atoms with van der Waals surface area (Å²) in [5, 5.41) is 14.0. The molecule has 0 spiro atoms. The summed E-state index contributed by atoms with van der Waals surface area (Å²) < 4.78 is 0. The summed E-state index contributed by atoms with van der Waals surface area (Å²) in [6.07, 6.45) is 0.374. The van der Waals surface area contributed by atoms with E-state index in [1.54, 1.807) is 48.5 Å². The van der Waals surface area contributed by atoms with E-state index in [1.165, 1.54) is 0 Å². The minimum Gasteiger partial charge on any atom is -0.481 e. The van der Waals surface area contributed by atoms with Crippen LogP contribution in [-0.4, -0.2) is 22.9 Å². The maximum absolute atomic E-state index is 12.1. The Morgan fingerprint density at radius 3 is 2.17 bits per heavy atom. The Balaban J connectivity index is 1.92. The largest absolute Gasteiger partial charge is 0.481 e. The van der Waals surface area contributed by atoms with Crippen LogP contribution in [0.5, 0.6) is 0 Å². The van der Waals surface area contributed by atoms with E-state index in [4.69, 9.17) is 5.11 Å². The van der Waals surface area contributed by atoms with Gasteiger partial charge in [-0.3, -0.25) is 14.4 Å². The molecule has 0 heterocycles. The molecule has 6 nitrogen and oxygen atoms in total. The van der Waals surface area contributed by atoms with Crippen molar-refractivity contribution in [1.29, 1.82) is 0 Å². The molecule has 3 N–H and O–H groups in total. The highest BCUT2D eigenvalue weighted by Crippen LogP contribution is 2.16. The third kappa shape index (κ3) is 5.57. The van der Waals surface area contributed by atoms with Crippen LogP contribution in [0.3, 0.4) is 0 Å². The number of hydrogen-bond donors (Lipinski definition) is 3. The van der Waals surface area contributed by atoms with Crippen LogP contribution >= 0.6 is 0 Å². The molecule has 2 aromatic rings. The van der Waals surface area contributed by atoms with Gasteiger partial charge in [-0.2, -0.15) is 0 Å². The Hall–Kier alpha value is -3.15. The maximum Gasteiger partial charge on any atom is 0.303 e. The number of carboxylic acids is 1. The molecule has 0 radical (unpaired) electrons. The van der Waals surface area contributed by atoms with E-state index in [0.717, 1.165) is 0 Å². The summed E-state index contributed by atoms with van der Waals surface area (Å²) in [5.74, 6) is -1.42. The number of nitrogens with one attached hydrogen (secondary N) is 2. The summed E-state index contributed by atoms with van der Waals surface area (Å²) in [5.41, 5.74) is 1.65. The first-order chi connectivity index (χ1) is 11.5. The van der Waals surface area contributed by atoms with Crippen molar-refractivity contribution in [1.82, 2.24) is 0 Å². The van der Waals surface area contributed by atoms with Crippen molar-refractivity contribution in [3.05, 3.63) is 60.2 Å². The Labute approximate surface area is 139 Å². The van der Waals surface area contributed by atoms with Gasteiger partial charge in [-0.1, -0.05) is 24.3 Å². The summed E-state index contributed by atoms with van der Waals surface area (Å²) in [6.45, 7) is 0. The van der Waals surface area contributed by atoms with Gasteiger partial charge >= 0.3 is 5.97 Å². The number of carbonyl (C=O) groups is 3. The van der Waals surface area contributed by atoms with E-state index < -0.39 is 5.97 Å². The highest BCUT2D eigenvalue weighted by Gasteiger charge is 2.07. The molecule has 0 atom stereocenters. The second-order valence-electron chi connectivity index (χ2n) is 5.20. The second kappa shape index (κ2) is 8.47. The smallest absolute Gasteiger partial charge is 0.303 e. The Bertz CT molecular complexity index is 729. The number of hydrogen-bond acceptors (Lipinski definition) is 3. The van der Waals surface area contributed by atoms with Gasteiger partial charge in [-0.25, -0.2) is 0 Å². The molecule has 0 aromatic heterocycles. The quantitative estimate of drug-likeness (QED) is 0.728. The van der Waals surface area contributed by atoms with Crippen molar-refractivity contribution >= 4 is 29.2 Å². The third-order valence-electron chi connectivity index (χ3n) is 3.23. The van der Waals surface area contributed by atoms with E-state index in [2.05, 4.69) is 10.6 Å². The molecule has 2 amide bonds. The fourth-order valence-electron chi connectivity index (χ4n) is 2.09. The minimum absolute atomic E-state index is 0.0411. The number of benzene rings is 2. The number of anilines is 2. The van der Waals surface area contributed by atoms with Gasteiger partial charge in [0.15, 0.2) is 0 Å². The van der Waals surface area contributed by atoms with Crippen molar-refractivity contribution in [3.63, 3.8) is 0 Å². The van der Waals surface area contributed by atoms with Gasteiger partial charge in [0.1, 0.15) is 0 Å². The van der Waals surface area contributed by atoms with Crippen LogP contribution < -0.4 is 10.6 Å². The zero-order valence-electron chi connectivity index (χ0n) is 13.0. The molecule has 2 rings (SSSR count). The zero-order chi connectivity index (χ0) is 17.4. The predicted octanol–water partition coefficient (Wildman–Crippen LogP) is 3.13. The lowest BCUT2D eigenvalue weighted by Crippen LogP contribution is -2.14. The monoisotopic (exact) mass is 326 g/mol. The van der Waals surface area contributed by atoms with E-state index in [-0.39, 0.29) is 31.1 Å². The first kappa shape index (κ1) is 17.2. The Kier molecular flexibility index (Phi) is 6.08. The topological polar surface area (TPSA) is 95.5 Å². The molecule has 24 heavy (non-hydrogen) atoms. The molecular formula is C18H18N2O4. The van der Waals surface area contributed by atoms with Gasteiger partial charge in [-0.15, -0.1) is 0 Å². The van der Waals surface area contributed by atoms with Crippen LogP contribution in [0.2, 0.25) is 0 Å². The van der Waals surface area contributed by atoms with E-state index in [1.807, 2.05) is 6.07 Å². The van der Waals surface area contributed by atoms with E-state index in [9.17, 15) is 14.4 Å². The summed E-state index contributed by atoms with van der Waals surface area (Å²) in [7, 11) is 0. The van der Waals surface area contributed by atoms with Crippen molar-refractivity contribution in [3.8, 4) is 0 Å². The first-order valence-electron chi connectivity index (χ1n) is 7.53. The van der Waals surface area contributed by atoms with Crippen LogP contribution in [0.1, 0.15) is 29.6 Å². The minimum atomic E-state index is -0.923. The molecule has 0 saturated heterocycles. The number of carboxylic acid groups (broad SMARTS) is 1. The molecule has 0 saturated carbocycles. The number of carbonyl (C=O) groups excluding carboxylic acids is 2. The number of rotatable bonds is 7. The summed E-state index contributed by atoms with van der Waals surface area (Å²) in [4.78, 5) is 34.3. The van der Waals surface area contributed by atoms with Crippen molar-refractivity contribution in [2.45, 2.75) is 19.3 Å². The Morgan fingerprint density at radius 2 is 1.50 bits per heavy atom. The van der Waals surface area contributed by atoms with Crippen LogP contribution in [0.15, 0.2) is 54.6 Å². The number of amides is 2. The summed E-state index contributed by atoms with van der Waals surface area (Å²) in [6, 6.07) is 15.6. The standard InChI is InChI=1S/C18H18N2O4/c21-16(10-5-11-17(22)23)19-14-8-4-9-15(12-14)20-18(24)13-6-2-1-3-7-13/h1-4,6-9,12H,5,10-11H2,(H,19,21)(H,20,24)(H,22,23). The van der Waals surface area contributed by atoms with Crippen molar-refractivity contribution in [2.75, 3.05) is 10.6 Å². The third-order valence-corrected chi connectivity index (χ3v) is 3.23. The van der Waals surface area contributed by atoms with Crippen LogP contribution in [0, 0.1) is 0 Å². The Morgan fingerprint density at radius 1 is 0.833 bits per heavy atom. The first-order valence-corrected chi connectivity index (χ1v) is 7.53. The van der Waals surface area contributed by atoms with Gasteiger partial charge in [0, 0.05) is 29.8 Å². The summed E-state index contributed by atoms with van der Waals surface area (Å²) >= 11 is 0. The van der Waals surface area contributed by atoms with Crippen LogP contribution in [0.4, 0.5) is 11.4 Å². The molecule has 0 fully saturated rings. The molecule has 2 aromatic carbocycles. The lowest BCUT2D eigenvalue weighted by atomic mass is 10.2. The molecule has 0 aliphatic rings. The fraction of sp³-hybridized carbons (Fsp3) is 0.167. The molecule has 0 bridgehead atoms. The number of aliphatic carboxylic acids is 1. The van der Waals surface area contributed by atoms with Crippen molar-refractivity contribution < 1.29 is 19.5 Å². The van der Waals surface area contributed by atoms with Gasteiger partial charge in [0.2, 0.25) is 5.91 Å². The molecule has 0 aliphatic heterocycles. The average Bonchev–Trinajstić information content (AvgIpc) is 2.55. The fourth-order valence-corrected chi connectivity index (χ4v) is 2.09.